The first kappa shape index (κ1) is 17.6. The van der Waals surface area contributed by atoms with Crippen LogP contribution in [0, 0.1) is 12.7 Å². The van der Waals surface area contributed by atoms with Crippen molar-refractivity contribution in [1.29, 1.82) is 0 Å². The Labute approximate surface area is 139 Å². The van der Waals surface area contributed by atoms with E-state index in [-0.39, 0.29) is 5.75 Å². The molecule has 2 rings (SSSR count). The second-order valence-corrected chi connectivity index (χ2v) is 6.21. The molecule has 0 fully saturated rings. The molecule has 0 aliphatic rings. The molecule has 2 aromatic rings. The van der Waals surface area contributed by atoms with Crippen LogP contribution in [-0.2, 0) is 4.74 Å². The third-order valence-corrected chi connectivity index (χ3v) is 3.12. The van der Waals surface area contributed by atoms with Gasteiger partial charge in [-0.1, -0.05) is 12.1 Å². The summed E-state index contributed by atoms with van der Waals surface area (Å²) in [5.41, 5.74) is 0.323. The molecule has 0 spiro atoms. The van der Waals surface area contributed by atoms with Gasteiger partial charge in [-0.2, -0.15) is 0 Å². The van der Waals surface area contributed by atoms with E-state index in [4.69, 9.17) is 9.47 Å². The lowest BCUT2D eigenvalue weighted by Crippen LogP contribution is -2.26. The molecule has 6 heteroatoms. The first-order valence-electron chi connectivity index (χ1n) is 7.33. The second kappa shape index (κ2) is 6.78. The second-order valence-electron chi connectivity index (χ2n) is 6.21. The van der Waals surface area contributed by atoms with Gasteiger partial charge in [0.15, 0.2) is 5.75 Å². The van der Waals surface area contributed by atoms with E-state index in [0.29, 0.717) is 16.7 Å². The van der Waals surface area contributed by atoms with Crippen LogP contribution in [-0.4, -0.2) is 16.7 Å². The van der Waals surface area contributed by atoms with Gasteiger partial charge in [0.2, 0.25) is 5.43 Å². The molecule has 0 atom stereocenters. The molecular formula is C18H18FNO4. The third kappa shape index (κ3) is 4.38. The summed E-state index contributed by atoms with van der Waals surface area (Å²) in [5, 5.41) is 0. The number of nitrogens with zero attached hydrogens (tertiary/aromatic N) is 1. The van der Waals surface area contributed by atoms with Gasteiger partial charge in [0.25, 0.3) is 0 Å². The monoisotopic (exact) mass is 331 g/mol. The number of carbonyl (C=O) groups is 1. The number of rotatable bonds is 2. The normalized spacial score (nSPS) is 11.0. The number of pyridine rings is 1. The maximum Gasteiger partial charge on any atom is 0.514 e. The molecule has 0 bridgehead atoms. The minimum atomic E-state index is -0.962. The van der Waals surface area contributed by atoms with Crippen molar-refractivity contribution in [3.05, 3.63) is 58.3 Å². The lowest BCUT2D eigenvalue weighted by atomic mass is 10.0. The number of hydrogen-bond donors (Lipinski definition) is 0. The van der Waals surface area contributed by atoms with Crippen molar-refractivity contribution in [2.24, 2.45) is 0 Å². The Balaban J connectivity index is 2.35. The van der Waals surface area contributed by atoms with Crippen LogP contribution in [0.15, 0.2) is 41.5 Å². The summed E-state index contributed by atoms with van der Waals surface area (Å²) in [5.74, 6) is -0.607. The van der Waals surface area contributed by atoms with Crippen LogP contribution >= 0.6 is 0 Å². The maximum atomic E-state index is 13.6. The highest BCUT2D eigenvalue weighted by atomic mass is 19.1. The van der Waals surface area contributed by atoms with Crippen molar-refractivity contribution in [2.75, 3.05) is 0 Å². The van der Waals surface area contributed by atoms with Crippen LogP contribution in [0.25, 0.3) is 11.1 Å². The van der Waals surface area contributed by atoms with E-state index in [2.05, 4.69) is 4.98 Å². The van der Waals surface area contributed by atoms with Crippen LogP contribution in [0.2, 0.25) is 0 Å². The molecule has 0 saturated carbocycles. The quantitative estimate of drug-likeness (QED) is 0.782. The fourth-order valence-electron chi connectivity index (χ4n) is 1.97. The van der Waals surface area contributed by atoms with E-state index >= 15 is 0 Å². The fraction of sp³-hybridized carbons (Fsp3) is 0.278. The molecule has 0 unspecified atom stereocenters. The number of ether oxygens (including phenoxy) is 2. The number of halogens is 1. The van der Waals surface area contributed by atoms with E-state index in [1.54, 1.807) is 33.8 Å². The van der Waals surface area contributed by atoms with Crippen molar-refractivity contribution >= 4 is 6.16 Å². The molecule has 0 N–H and O–H groups in total. The van der Waals surface area contributed by atoms with Crippen molar-refractivity contribution in [3.63, 3.8) is 0 Å². The Morgan fingerprint density at radius 1 is 1.12 bits per heavy atom. The Kier molecular flexibility index (Phi) is 4.97. The average molecular weight is 331 g/mol. The standard InChI is InChI=1S/C18H18FNO4/c1-11-13(9-20-10-14(11)19)12-5-7-15(21)16(8-6-12)23-17(22)24-18(2,3)4/h5-10H,1-4H3. The molecule has 0 aliphatic heterocycles. The molecule has 126 valence electrons. The molecular weight excluding hydrogens is 313 g/mol. The Morgan fingerprint density at radius 3 is 2.46 bits per heavy atom. The van der Waals surface area contributed by atoms with Crippen LogP contribution in [0.5, 0.6) is 5.75 Å². The van der Waals surface area contributed by atoms with Crippen LogP contribution < -0.4 is 10.2 Å². The number of hydrogen-bond acceptors (Lipinski definition) is 5. The Hall–Kier alpha value is -2.76. The fourth-order valence-corrected chi connectivity index (χ4v) is 1.97. The van der Waals surface area contributed by atoms with E-state index in [0.717, 1.165) is 6.20 Å². The third-order valence-electron chi connectivity index (χ3n) is 3.12. The molecule has 0 radical (unpaired) electrons. The van der Waals surface area contributed by atoms with Crippen molar-refractivity contribution in [3.8, 4) is 16.9 Å². The Morgan fingerprint density at radius 2 is 1.79 bits per heavy atom. The highest BCUT2D eigenvalue weighted by Gasteiger charge is 2.18. The van der Waals surface area contributed by atoms with Gasteiger partial charge in [0.1, 0.15) is 11.4 Å². The first-order chi connectivity index (χ1) is 11.2. The average Bonchev–Trinajstić information content (AvgIpc) is 2.63. The maximum absolute atomic E-state index is 13.6. The zero-order chi connectivity index (χ0) is 17.9. The van der Waals surface area contributed by atoms with E-state index < -0.39 is 23.0 Å². The summed E-state index contributed by atoms with van der Waals surface area (Å²) in [4.78, 5) is 27.5. The van der Waals surface area contributed by atoms with E-state index in [9.17, 15) is 14.0 Å². The van der Waals surface area contributed by atoms with Gasteiger partial charge >= 0.3 is 6.16 Å². The van der Waals surface area contributed by atoms with Gasteiger partial charge in [-0.3, -0.25) is 9.78 Å². The van der Waals surface area contributed by atoms with Crippen LogP contribution in [0.3, 0.4) is 0 Å². The molecule has 5 nitrogen and oxygen atoms in total. The van der Waals surface area contributed by atoms with Gasteiger partial charge in [-0.05, 0) is 51.0 Å². The summed E-state index contributed by atoms with van der Waals surface area (Å²) < 4.78 is 23.6. The zero-order valence-corrected chi connectivity index (χ0v) is 13.9. The summed E-state index contributed by atoms with van der Waals surface area (Å²) in [6, 6.07) is 5.68. The molecule has 1 aromatic carbocycles. The predicted octanol–water partition coefficient (Wildman–Crippen LogP) is 3.87. The summed E-state index contributed by atoms with van der Waals surface area (Å²) >= 11 is 0. The molecule has 1 heterocycles. The molecule has 24 heavy (non-hydrogen) atoms. The van der Waals surface area contributed by atoms with Crippen molar-refractivity contribution in [2.45, 2.75) is 33.3 Å². The van der Waals surface area contributed by atoms with Gasteiger partial charge in [0, 0.05) is 11.8 Å². The van der Waals surface area contributed by atoms with E-state index in [1.165, 1.54) is 24.4 Å². The largest absolute Gasteiger partial charge is 0.514 e. The highest BCUT2D eigenvalue weighted by molar-refractivity contribution is 5.67. The SMILES string of the molecule is Cc1c(F)cncc1-c1ccc(OC(=O)OC(C)(C)C)c(=O)cc1. The lowest BCUT2D eigenvalue weighted by molar-refractivity contribution is 0.0204. The minimum absolute atomic E-state index is 0.169. The smallest absolute Gasteiger partial charge is 0.428 e. The molecule has 0 saturated heterocycles. The molecule has 0 aliphatic carbocycles. The molecule has 0 amide bonds. The van der Waals surface area contributed by atoms with Crippen molar-refractivity contribution in [1.82, 2.24) is 4.98 Å². The molecule has 1 aromatic heterocycles. The van der Waals surface area contributed by atoms with Gasteiger partial charge in [0.05, 0.1) is 6.20 Å². The predicted molar refractivity (Wildman–Crippen MR) is 87.5 cm³/mol. The summed E-state index contributed by atoms with van der Waals surface area (Å²) in [6.45, 7) is 6.69. The number of aromatic nitrogens is 1. The van der Waals surface area contributed by atoms with Crippen LogP contribution in [0.1, 0.15) is 26.3 Å². The summed E-state index contributed by atoms with van der Waals surface area (Å²) in [7, 11) is 0. The van der Waals surface area contributed by atoms with Gasteiger partial charge in [-0.15, -0.1) is 0 Å². The van der Waals surface area contributed by atoms with Crippen LogP contribution in [0.4, 0.5) is 9.18 Å². The first-order valence-corrected chi connectivity index (χ1v) is 7.33. The van der Waals surface area contributed by atoms with Gasteiger partial charge in [-0.25, -0.2) is 9.18 Å². The van der Waals surface area contributed by atoms with Crippen molar-refractivity contribution < 1.29 is 18.7 Å². The zero-order valence-electron chi connectivity index (χ0n) is 13.9. The Bertz CT molecular complexity index is 828. The van der Waals surface area contributed by atoms with Gasteiger partial charge < -0.3 is 9.47 Å². The number of carbonyl (C=O) groups excluding carboxylic acids is 1. The highest BCUT2D eigenvalue weighted by Crippen LogP contribution is 2.23. The minimum Gasteiger partial charge on any atom is -0.428 e. The summed E-state index contributed by atoms with van der Waals surface area (Å²) in [6.07, 6.45) is 1.67. The van der Waals surface area contributed by atoms with E-state index in [1.807, 2.05) is 0 Å². The lowest BCUT2D eigenvalue weighted by Gasteiger charge is -2.18. The topological polar surface area (TPSA) is 65.5 Å².